The summed E-state index contributed by atoms with van der Waals surface area (Å²) in [6.07, 6.45) is 2.78. The summed E-state index contributed by atoms with van der Waals surface area (Å²) >= 11 is 0. The van der Waals surface area contributed by atoms with Crippen molar-refractivity contribution in [1.82, 2.24) is 3.71 Å². The summed E-state index contributed by atoms with van der Waals surface area (Å²) in [5.74, 6) is 0. The number of rotatable bonds is 13. The third-order valence-corrected chi connectivity index (χ3v) is 9.18. The largest absolute Gasteiger partial charge is 0.330 e. The molecule has 0 fully saturated rings. The van der Waals surface area contributed by atoms with E-state index in [0.29, 0.717) is 19.4 Å². The predicted octanol–water partition coefficient (Wildman–Crippen LogP) is 2.79. The van der Waals surface area contributed by atoms with Crippen molar-refractivity contribution in [3.8, 4) is 0 Å². The first kappa shape index (κ1) is 26.3. The molecule has 180 valence electrons. The van der Waals surface area contributed by atoms with Gasteiger partial charge in [0, 0.05) is 18.7 Å². The van der Waals surface area contributed by atoms with Gasteiger partial charge in [0.15, 0.2) is 9.79 Å². The number of nitro groups is 2. The molecule has 2 rings (SSSR count). The number of nitro benzene ring substituents is 2. The van der Waals surface area contributed by atoms with Gasteiger partial charge in [-0.2, -0.15) is 0 Å². The van der Waals surface area contributed by atoms with Gasteiger partial charge in [0.05, 0.1) is 9.85 Å². The van der Waals surface area contributed by atoms with Crippen LogP contribution in [0.15, 0.2) is 58.3 Å². The van der Waals surface area contributed by atoms with Crippen LogP contribution in [-0.2, 0) is 20.0 Å². The molecule has 0 unspecified atom stereocenters. The normalized spacial score (nSPS) is 12.1. The zero-order chi connectivity index (χ0) is 24.6. The number of hydrogen-bond acceptors (Lipinski definition) is 9. The highest BCUT2D eigenvalue weighted by molar-refractivity contribution is 8.04. The van der Waals surface area contributed by atoms with Gasteiger partial charge >= 0.3 is 0 Å². The van der Waals surface area contributed by atoms with E-state index in [1.807, 2.05) is 0 Å². The number of nitrogens with zero attached hydrogens (tertiary/aromatic N) is 3. The molecule has 0 bridgehead atoms. The highest BCUT2D eigenvalue weighted by atomic mass is 32.3. The standard InChI is InChI=1S/C19H24N4O8S2/c20-14-8-2-1-3-9-15-21(32(28,29)18-12-6-4-10-16(18)22(24)25)33(30,31)19-13-7-5-11-17(19)23(26)27/h4-7,10-13H,1-3,8-9,14-15,20H2. The monoisotopic (exact) mass is 500 g/mol. The number of hydrogen-bond donors (Lipinski definition) is 1. The molecule has 0 spiro atoms. The van der Waals surface area contributed by atoms with Crippen LogP contribution in [0.5, 0.6) is 0 Å². The average molecular weight is 501 g/mol. The maximum atomic E-state index is 13.4. The number of benzene rings is 2. The van der Waals surface area contributed by atoms with Crippen molar-refractivity contribution >= 4 is 31.4 Å². The Morgan fingerprint density at radius 2 is 1.09 bits per heavy atom. The Bertz CT molecular complexity index is 1130. The van der Waals surface area contributed by atoms with Crippen LogP contribution in [0.4, 0.5) is 11.4 Å². The van der Waals surface area contributed by atoms with Crippen molar-refractivity contribution in [2.45, 2.75) is 41.9 Å². The summed E-state index contributed by atoms with van der Waals surface area (Å²) in [6, 6.07) is 8.67. The maximum Gasteiger partial charge on any atom is 0.289 e. The smallest absolute Gasteiger partial charge is 0.289 e. The second kappa shape index (κ2) is 11.3. The Balaban J connectivity index is 2.58. The summed E-state index contributed by atoms with van der Waals surface area (Å²) in [5, 5.41) is 22.8. The van der Waals surface area contributed by atoms with Crippen LogP contribution in [0.1, 0.15) is 32.1 Å². The zero-order valence-electron chi connectivity index (χ0n) is 17.6. The predicted molar refractivity (Wildman–Crippen MR) is 119 cm³/mol. The molecule has 14 heteroatoms. The average Bonchev–Trinajstić information content (AvgIpc) is 2.78. The van der Waals surface area contributed by atoms with Crippen molar-refractivity contribution in [3.05, 3.63) is 68.8 Å². The second-order valence-electron chi connectivity index (χ2n) is 7.01. The third kappa shape index (κ3) is 6.10. The van der Waals surface area contributed by atoms with Crippen LogP contribution in [0.3, 0.4) is 0 Å². The van der Waals surface area contributed by atoms with Crippen LogP contribution in [0.2, 0.25) is 0 Å². The lowest BCUT2D eigenvalue weighted by atomic mass is 10.1. The summed E-state index contributed by atoms with van der Waals surface area (Å²) in [7, 11) is -9.92. The van der Waals surface area contributed by atoms with Gasteiger partial charge in [-0.15, -0.1) is 0 Å². The van der Waals surface area contributed by atoms with Gasteiger partial charge in [-0.1, -0.05) is 47.2 Å². The zero-order valence-corrected chi connectivity index (χ0v) is 19.2. The molecule has 0 atom stereocenters. The first-order valence-corrected chi connectivity index (χ1v) is 12.9. The Hall–Kier alpha value is -2.94. The SMILES string of the molecule is NCCCCCCCN(S(=O)(=O)c1ccccc1[N+](=O)[O-])S(=O)(=O)c1ccccc1[N+](=O)[O-]. The van der Waals surface area contributed by atoms with E-state index in [1.165, 1.54) is 24.3 Å². The van der Waals surface area contributed by atoms with Crippen LogP contribution in [-0.4, -0.2) is 43.5 Å². The third-order valence-electron chi connectivity index (χ3n) is 4.76. The van der Waals surface area contributed by atoms with E-state index in [4.69, 9.17) is 5.73 Å². The molecule has 0 aliphatic rings. The van der Waals surface area contributed by atoms with Crippen LogP contribution in [0.25, 0.3) is 0 Å². The molecule has 33 heavy (non-hydrogen) atoms. The highest BCUT2D eigenvalue weighted by Gasteiger charge is 2.42. The molecule has 0 saturated heterocycles. The molecule has 2 aromatic rings. The molecule has 0 saturated carbocycles. The fourth-order valence-corrected chi connectivity index (χ4v) is 7.16. The van der Waals surface area contributed by atoms with Crippen molar-refractivity contribution in [2.24, 2.45) is 5.73 Å². The lowest BCUT2D eigenvalue weighted by Gasteiger charge is -2.22. The van der Waals surface area contributed by atoms with Crippen molar-refractivity contribution in [2.75, 3.05) is 13.1 Å². The molecule has 0 aliphatic carbocycles. The lowest BCUT2D eigenvalue weighted by Crippen LogP contribution is -2.38. The van der Waals surface area contributed by atoms with Gasteiger partial charge in [0.25, 0.3) is 31.4 Å². The summed E-state index contributed by atoms with van der Waals surface area (Å²) in [4.78, 5) is 19.3. The minimum absolute atomic E-state index is 0.115. The molecule has 0 amide bonds. The molecule has 2 aromatic carbocycles. The summed E-state index contributed by atoms with van der Waals surface area (Å²) in [6.45, 7) is -0.0460. The van der Waals surface area contributed by atoms with Crippen molar-refractivity contribution in [3.63, 3.8) is 0 Å². The second-order valence-corrected chi connectivity index (χ2v) is 10.9. The van der Waals surface area contributed by atoms with Gasteiger partial charge in [0.1, 0.15) is 0 Å². The summed E-state index contributed by atoms with van der Waals surface area (Å²) in [5.41, 5.74) is 3.83. The molecule has 0 aromatic heterocycles. The Morgan fingerprint density at radius 1 is 0.697 bits per heavy atom. The Morgan fingerprint density at radius 3 is 1.52 bits per heavy atom. The number of nitrogens with two attached hydrogens (primary N) is 1. The van der Waals surface area contributed by atoms with E-state index in [2.05, 4.69) is 0 Å². The fraction of sp³-hybridized carbons (Fsp3) is 0.368. The number of para-hydroxylation sites is 2. The lowest BCUT2D eigenvalue weighted by molar-refractivity contribution is -0.388. The Labute approximate surface area is 191 Å². The quantitative estimate of drug-likeness (QED) is 0.245. The maximum absolute atomic E-state index is 13.4. The molecule has 0 aliphatic heterocycles. The van der Waals surface area contributed by atoms with Gasteiger partial charge < -0.3 is 5.73 Å². The summed E-state index contributed by atoms with van der Waals surface area (Å²) < 4.78 is 53.6. The first-order chi connectivity index (χ1) is 15.5. The number of unbranched alkanes of at least 4 members (excludes halogenated alkanes) is 4. The van der Waals surface area contributed by atoms with E-state index in [0.717, 1.165) is 37.1 Å². The molecular formula is C19H24N4O8S2. The van der Waals surface area contributed by atoms with Gasteiger partial charge in [-0.3, -0.25) is 20.2 Å². The van der Waals surface area contributed by atoms with Crippen molar-refractivity contribution in [1.29, 1.82) is 0 Å². The van der Waals surface area contributed by atoms with Gasteiger partial charge in [-0.05, 0) is 31.5 Å². The first-order valence-electron chi connectivity index (χ1n) is 10.00. The minimum atomic E-state index is -4.96. The van der Waals surface area contributed by atoms with Crippen LogP contribution < -0.4 is 5.73 Å². The van der Waals surface area contributed by atoms with Crippen LogP contribution >= 0.6 is 0 Å². The molecule has 2 N–H and O–H groups in total. The van der Waals surface area contributed by atoms with E-state index in [9.17, 15) is 37.1 Å². The minimum Gasteiger partial charge on any atom is -0.330 e. The van der Waals surface area contributed by atoms with Crippen molar-refractivity contribution < 1.29 is 26.7 Å². The number of sulfonamides is 2. The van der Waals surface area contributed by atoms with E-state index in [1.54, 1.807) is 0 Å². The Kier molecular flexibility index (Phi) is 8.99. The molecule has 0 heterocycles. The van der Waals surface area contributed by atoms with E-state index >= 15 is 0 Å². The topological polar surface area (TPSA) is 184 Å². The molecular weight excluding hydrogens is 476 g/mol. The van der Waals surface area contributed by atoms with Crippen LogP contribution in [0, 0.1) is 20.2 Å². The van der Waals surface area contributed by atoms with Gasteiger partial charge in [0.2, 0.25) is 0 Å². The molecule has 0 radical (unpaired) electrons. The fourth-order valence-electron chi connectivity index (χ4n) is 3.16. The van der Waals surface area contributed by atoms with E-state index in [-0.39, 0.29) is 10.1 Å². The van der Waals surface area contributed by atoms with E-state index < -0.39 is 57.6 Å². The highest BCUT2D eigenvalue weighted by Crippen LogP contribution is 2.33. The van der Waals surface area contributed by atoms with Gasteiger partial charge in [-0.25, -0.2) is 16.8 Å². The molecule has 12 nitrogen and oxygen atoms in total.